The van der Waals surface area contributed by atoms with Crippen LogP contribution in [0.5, 0.6) is 11.5 Å². The van der Waals surface area contributed by atoms with Crippen LogP contribution in [0.3, 0.4) is 0 Å². The van der Waals surface area contributed by atoms with E-state index in [9.17, 15) is 0 Å². The van der Waals surface area contributed by atoms with Gasteiger partial charge < -0.3 is 9.47 Å². The Hall–Kier alpha value is -5.10. The first kappa shape index (κ1) is 25.2. The van der Waals surface area contributed by atoms with Crippen molar-refractivity contribution in [1.82, 2.24) is 9.97 Å². The van der Waals surface area contributed by atoms with Crippen molar-refractivity contribution in [1.29, 1.82) is 0 Å². The zero-order valence-corrected chi connectivity index (χ0v) is 22.1. The lowest BCUT2D eigenvalue weighted by atomic mass is 10.1. The standard InChI is InChI=1S/C34H30N4O2/c1-3-31-32(33(5-1)39-25-23-37-19-11-29(12-20-37)27-7-15-35-16-8-27)4-2-6-34(31)40-26-24-38-21-13-30(14-22-38)28-9-17-36-18-10-28/h1-22H,23-26H2/q+2. The molecule has 6 aromatic rings. The summed E-state index contributed by atoms with van der Waals surface area (Å²) in [7, 11) is 0. The number of hydrogen-bond acceptors (Lipinski definition) is 4. The SMILES string of the molecule is c1cc(OCC[n+]2ccc(-c3ccncc3)cc2)c2cccc(OCC[n+]3ccc(-c4ccncc4)cc3)c2c1. The van der Waals surface area contributed by atoms with E-state index in [-0.39, 0.29) is 0 Å². The number of hydrogen-bond donors (Lipinski definition) is 0. The smallest absolute Gasteiger partial charge is 0.182 e. The van der Waals surface area contributed by atoms with Crippen molar-refractivity contribution in [2.24, 2.45) is 0 Å². The molecule has 0 bridgehead atoms. The van der Waals surface area contributed by atoms with Gasteiger partial charge in [0.25, 0.3) is 0 Å². The molecule has 40 heavy (non-hydrogen) atoms. The van der Waals surface area contributed by atoms with Crippen molar-refractivity contribution in [3.8, 4) is 33.8 Å². The van der Waals surface area contributed by atoms with Gasteiger partial charge in [-0.3, -0.25) is 9.97 Å². The second-order valence-corrected chi connectivity index (χ2v) is 9.43. The molecule has 0 aliphatic heterocycles. The lowest BCUT2D eigenvalue weighted by Gasteiger charge is -2.12. The van der Waals surface area contributed by atoms with E-state index in [1.165, 1.54) is 11.1 Å². The molecule has 6 heteroatoms. The van der Waals surface area contributed by atoms with E-state index in [2.05, 4.69) is 80.3 Å². The third kappa shape index (κ3) is 5.97. The molecule has 2 aromatic carbocycles. The molecular weight excluding hydrogens is 496 g/mol. The van der Waals surface area contributed by atoms with Crippen molar-refractivity contribution in [3.05, 3.63) is 135 Å². The Bertz CT molecular complexity index is 1550. The van der Waals surface area contributed by atoms with Gasteiger partial charge in [-0.1, -0.05) is 24.3 Å². The Morgan fingerprint density at radius 1 is 0.450 bits per heavy atom. The minimum Gasteiger partial charge on any atom is -0.486 e. The van der Waals surface area contributed by atoms with Gasteiger partial charge in [-0.05, 0) is 58.7 Å². The Morgan fingerprint density at radius 2 is 0.825 bits per heavy atom. The van der Waals surface area contributed by atoms with E-state index in [4.69, 9.17) is 9.47 Å². The fraction of sp³-hybridized carbons (Fsp3) is 0.118. The molecule has 6 rings (SSSR count). The molecule has 0 fully saturated rings. The molecule has 0 amide bonds. The Morgan fingerprint density at radius 3 is 1.23 bits per heavy atom. The van der Waals surface area contributed by atoms with Gasteiger partial charge in [-0.2, -0.15) is 0 Å². The van der Waals surface area contributed by atoms with Crippen LogP contribution in [0.4, 0.5) is 0 Å². The molecule has 0 unspecified atom stereocenters. The summed E-state index contributed by atoms with van der Waals surface area (Å²) in [5.74, 6) is 1.72. The number of rotatable bonds is 10. The maximum Gasteiger partial charge on any atom is 0.182 e. The average molecular weight is 527 g/mol. The quantitative estimate of drug-likeness (QED) is 0.215. The third-order valence-electron chi connectivity index (χ3n) is 6.87. The monoisotopic (exact) mass is 526 g/mol. The van der Waals surface area contributed by atoms with Crippen LogP contribution in [-0.4, -0.2) is 23.2 Å². The molecule has 0 atom stereocenters. The Labute approximate surface area is 233 Å². The summed E-state index contributed by atoms with van der Waals surface area (Å²) in [6, 6.07) is 28.8. The number of nitrogens with zero attached hydrogens (tertiary/aromatic N) is 4. The number of benzene rings is 2. The minimum atomic E-state index is 0.565. The zero-order valence-electron chi connectivity index (χ0n) is 22.1. The summed E-state index contributed by atoms with van der Waals surface area (Å²) in [4.78, 5) is 8.18. The number of pyridine rings is 4. The lowest BCUT2D eigenvalue weighted by molar-refractivity contribution is -0.697. The summed E-state index contributed by atoms with van der Waals surface area (Å²) in [6.45, 7) is 2.63. The fourth-order valence-corrected chi connectivity index (χ4v) is 4.71. The van der Waals surface area contributed by atoms with Gasteiger partial charge >= 0.3 is 0 Å². The molecule has 0 saturated heterocycles. The number of aromatic nitrogens is 4. The van der Waals surface area contributed by atoms with Crippen LogP contribution >= 0.6 is 0 Å². The summed E-state index contributed by atoms with van der Waals surface area (Å²) in [5, 5.41) is 2.10. The predicted octanol–water partition coefficient (Wildman–Crippen LogP) is 5.70. The zero-order chi connectivity index (χ0) is 27.0. The lowest BCUT2D eigenvalue weighted by Crippen LogP contribution is -2.35. The normalized spacial score (nSPS) is 10.9. The molecule has 0 spiro atoms. The molecular formula is C34H30N4O2+2. The molecule has 196 valence electrons. The summed E-state index contributed by atoms with van der Waals surface area (Å²) >= 11 is 0. The molecule has 0 aliphatic carbocycles. The average Bonchev–Trinajstić information content (AvgIpc) is 3.03. The van der Waals surface area contributed by atoms with Crippen molar-refractivity contribution < 1.29 is 18.6 Å². The molecule has 0 radical (unpaired) electrons. The second kappa shape index (κ2) is 12.2. The van der Waals surface area contributed by atoms with Crippen LogP contribution in [0.2, 0.25) is 0 Å². The van der Waals surface area contributed by atoms with Gasteiger partial charge in [0.1, 0.15) is 24.7 Å². The first-order chi connectivity index (χ1) is 19.8. The first-order valence-electron chi connectivity index (χ1n) is 13.4. The Balaban J connectivity index is 1.06. The summed E-state index contributed by atoms with van der Waals surface area (Å²) < 4.78 is 16.7. The van der Waals surface area contributed by atoms with Crippen LogP contribution in [0.15, 0.2) is 135 Å². The van der Waals surface area contributed by atoms with Crippen molar-refractivity contribution in [3.63, 3.8) is 0 Å². The molecule has 0 saturated carbocycles. The van der Waals surface area contributed by atoms with Crippen molar-refractivity contribution in [2.75, 3.05) is 13.2 Å². The van der Waals surface area contributed by atoms with Crippen LogP contribution in [0, 0.1) is 0 Å². The fourth-order valence-electron chi connectivity index (χ4n) is 4.71. The van der Waals surface area contributed by atoms with Gasteiger partial charge in [0.15, 0.2) is 37.9 Å². The van der Waals surface area contributed by atoms with E-state index in [0.717, 1.165) is 46.5 Å². The summed E-state index contributed by atoms with van der Waals surface area (Å²) in [5.41, 5.74) is 4.65. The molecule has 0 N–H and O–H groups in total. The maximum atomic E-state index is 6.22. The van der Waals surface area contributed by atoms with Gasteiger partial charge in [-0.25, -0.2) is 9.13 Å². The first-order valence-corrected chi connectivity index (χ1v) is 13.4. The van der Waals surface area contributed by atoms with Crippen molar-refractivity contribution >= 4 is 10.8 Å². The summed E-state index contributed by atoms with van der Waals surface area (Å²) in [6.07, 6.45) is 15.6. The van der Waals surface area contributed by atoms with Gasteiger partial charge in [0, 0.05) is 59.8 Å². The Kier molecular flexibility index (Phi) is 7.67. The van der Waals surface area contributed by atoms with Crippen LogP contribution < -0.4 is 18.6 Å². The maximum absolute atomic E-state index is 6.22. The van der Waals surface area contributed by atoms with Gasteiger partial charge in [0.2, 0.25) is 0 Å². The third-order valence-corrected chi connectivity index (χ3v) is 6.87. The highest BCUT2D eigenvalue weighted by Crippen LogP contribution is 2.32. The van der Waals surface area contributed by atoms with Crippen LogP contribution in [-0.2, 0) is 13.1 Å². The number of ether oxygens (including phenoxy) is 2. The minimum absolute atomic E-state index is 0.565. The second-order valence-electron chi connectivity index (χ2n) is 9.43. The predicted molar refractivity (Wildman–Crippen MR) is 155 cm³/mol. The number of fused-ring (bicyclic) bond motifs is 1. The highest BCUT2D eigenvalue weighted by atomic mass is 16.5. The van der Waals surface area contributed by atoms with E-state index < -0.39 is 0 Å². The largest absolute Gasteiger partial charge is 0.486 e. The molecule has 4 aromatic heterocycles. The van der Waals surface area contributed by atoms with E-state index in [1.807, 2.05) is 73.3 Å². The van der Waals surface area contributed by atoms with Crippen molar-refractivity contribution in [2.45, 2.75) is 13.1 Å². The highest BCUT2D eigenvalue weighted by Gasteiger charge is 2.10. The molecule has 6 nitrogen and oxygen atoms in total. The van der Waals surface area contributed by atoms with Crippen LogP contribution in [0.25, 0.3) is 33.0 Å². The van der Waals surface area contributed by atoms with E-state index >= 15 is 0 Å². The topological polar surface area (TPSA) is 52.0 Å². The molecule has 0 aliphatic rings. The highest BCUT2D eigenvalue weighted by molar-refractivity contribution is 5.93. The van der Waals surface area contributed by atoms with Gasteiger partial charge in [-0.15, -0.1) is 0 Å². The van der Waals surface area contributed by atoms with E-state index in [0.29, 0.717) is 13.2 Å². The van der Waals surface area contributed by atoms with E-state index in [1.54, 1.807) is 0 Å². The van der Waals surface area contributed by atoms with Crippen LogP contribution in [0.1, 0.15) is 0 Å². The van der Waals surface area contributed by atoms with Gasteiger partial charge in [0.05, 0.1) is 0 Å². The molecule has 4 heterocycles.